The Hall–Kier alpha value is -3.04. The molecule has 158 valence electrons. The fraction of sp³-hybridized carbons (Fsp3) is 0.400. The van der Waals surface area contributed by atoms with Crippen molar-refractivity contribution >= 4 is 22.5 Å². The number of carbonyl (C=O) groups excluding carboxylic acids is 1. The lowest BCUT2D eigenvalue weighted by Gasteiger charge is -2.29. The first-order valence-corrected chi connectivity index (χ1v) is 9.39. The Balaban J connectivity index is 1.94. The monoisotopic (exact) mass is 422 g/mol. The van der Waals surface area contributed by atoms with Crippen LogP contribution < -0.4 is 4.90 Å². The minimum atomic E-state index is -4.46. The lowest BCUT2D eigenvalue weighted by molar-refractivity contribution is -0.127. The second-order valence-electron chi connectivity index (χ2n) is 7.37. The molecule has 1 saturated heterocycles. The van der Waals surface area contributed by atoms with Gasteiger partial charge in [0.05, 0.1) is 12.0 Å². The Morgan fingerprint density at radius 1 is 1.13 bits per heavy atom. The number of nitrogens with zero attached hydrogens (tertiary/aromatic N) is 4. The normalized spacial score (nSPS) is 15.3. The number of pyridine rings is 1. The van der Waals surface area contributed by atoms with Crippen molar-refractivity contribution in [3.05, 3.63) is 34.9 Å². The van der Waals surface area contributed by atoms with Crippen LogP contribution in [0, 0.1) is 19.7 Å². The van der Waals surface area contributed by atoms with E-state index < -0.39 is 18.4 Å². The molecule has 0 spiro atoms. The minimum Gasteiger partial charge on any atom is -0.355 e. The van der Waals surface area contributed by atoms with Crippen molar-refractivity contribution in [2.75, 3.05) is 18.0 Å². The summed E-state index contributed by atoms with van der Waals surface area (Å²) in [4.78, 5) is 22.2. The quantitative estimate of drug-likeness (QED) is 0.586. The Bertz CT molecular complexity index is 1130. The summed E-state index contributed by atoms with van der Waals surface area (Å²) in [5.74, 6) is 0.187. The maximum absolute atomic E-state index is 14.8. The number of aromatic nitrogens is 3. The molecule has 0 saturated carbocycles. The van der Waals surface area contributed by atoms with Gasteiger partial charge in [-0.2, -0.15) is 18.2 Å². The second kappa shape index (κ2) is 7.33. The summed E-state index contributed by atoms with van der Waals surface area (Å²) >= 11 is 0. The van der Waals surface area contributed by atoms with Crippen LogP contribution in [-0.2, 0) is 11.2 Å². The van der Waals surface area contributed by atoms with E-state index in [9.17, 15) is 22.4 Å². The first-order chi connectivity index (χ1) is 14.1. The molecule has 6 nitrogen and oxygen atoms in total. The largest absolute Gasteiger partial charge is 0.393 e. The minimum absolute atomic E-state index is 0.0367. The molecule has 2 aromatic heterocycles. The lowest BCUT2D eigenvalue weighted by Crippen LogP contribution is -2.34. The van der Waals surface area contributed by atoms with Gasteiger partial charge >= 0.3 is 6.18 Å². The third-order valence-corrected chi connectivity index (χ3v) is 5.11. The van der Waals surface area contributed by atoms with Crippen molar-refractivity contribution in [2.24, 2.45) is 0 Å². The van der Waals surface area contributed by atoms with E-state index in [-0.39, 0.29) is 28.1 Å². The second-order valence-corrected chi connectivity index (χ2v) is 7.37. The number of halogens is 4. The third kappa shape index (κ3) is 3.86. The first kappa shape index (κ1) is 20.2. The number of aryl methyl sites for hydroxylation is 2. The maximum atomic E-state index is 14.8. The van der Waals surface area contributed by atoms with Crippen molar-refractivity contribution in [2.45, 2.75) is 39.3 Å². The van der Waals surface area contributed by atoms with Crippen molar-refractivity contribution in [1.29, 1.82) is 0 Å². The predicted octanol–water partition coefficient (Wildman–Crippen LogP) is 4.31. The molecule has 0 unspecified atom stereocenters. The van der Waals surface area contributed by atoms with Crippen LogP contribution in [0.3, 0.4) is 0 Å². The molecule has 0 N–H and O–H groups in total. The van der Waals surface area contributed by atoms with Gasteiger partial charge in [0.25, 0.3) is 5.89 Å². The third-order valence-electron chi connectivity index (χ3n) is 5.11. The molecule has 30 heavy (non-hydrogen) atoms. The average Bonchev–Trinajstić information content (AvgIpc) is 3.07. The van der Waals surface area contributed by atoms with Gasteiger partial charge < -0.3 is 9.42 Å². The zero-order chi connectivity index (χ0) is 21.6. The van der Waals surface area contributed by atoms with Gasteiger partial charge in [-0.05, 0) is 37.1 Å². The summed E-state index contributed by atoms with van der Waals surface area (Å²) in [7, 11) is 0. The summed E-state index contributed by atoms with van der Waals surface area (Å²) in [5.41, 5.74) is 0.686. The van der Waals surface area contributed by atoms with Gasteiger partial charge in [0.2, 0.25) is 0 Å². The molecule has 0 atom stereocenters. The highest BCUT2D eigenvalue weighted by Gasteiger charge is 2.30. The molecular formula is C20H18F4N4O2. The molecule has 3 aromatic rings. The Labute approximate surface area is 168 Å². The van der Waals surface area contributed by atoms with Gasteiger partial charge in [-0.25, -0.2) is 9.37 Å². The molecule has 0 aliphatic carbocycles. The summed E-state index contributed by atoms with van der Waals surface area (Å²) < 4.78 is 58.7. The summed E-state index contributed by atoms with van der Waals surface area (Å²) in [6.07, 6.45) is -5.05. The number of carbonyl (C=O) groups is 1. The van der Waals surface area contributed by atoms with Crippen LogP contribution in [-0.4, -0.2) is 40.2 Å². The SMILES string of the molecule is Cc1noc(-c2c(N3CCC(=O)CC3)nc3c(F)cc(CC(F)(F)F)cc3c2C)n1. The van der Waals surface area contributed by atoms with E-state index in [0.29, 0.717) is 48.7 Å². The van der Waals surface area contributed by atoms with Crippen LogP contribution in [0.2, 0.25) is 0 Å². The number of alkyl halides is 3. The summed E-state index contributed by atoms with van der Waals surface area (Å²) in [6, 6.07) is 2.16. The summed E-state index contributed by atoms with van der Waals surface area (Å²) in [5, 5.41) is 4.03. The van der Waals surface area contributed by atoms with Crippen LogP contribution in [0.4, 0.5) is 23.4 Å². The Morgan fingerprint density at radius 2 is 1.83 bits per heavy atom. The van der Waals surface area contributed by atoms with Gasteiger partial charge in [0, 0.05) is 31.3 Å². The highest BCUT2D eigenvalue weighted by Crippen LogP contribution is 2.38. The van der Waals surface area contributed by atoms with E-state index in [1.165, 1.54) is 6.07 Å². The first-order valence-electron chi connectivity index (χ1n) is 9.39. The maximum Gasteiger partial charge on any atom is 0.393 e. The number of Topliss-reactive ketones (excluding diaryl/α,β-unsaturated/α-hetero) is 1. The van der Waals surface area contributed by atoms with Gasteiger partial charge in [-0.1, -0.05) is 5.16 Å². The highest BCUT2D eigenvalue weighted by atomic mass is 19.4. The van der Waals surface area contributed by atoms with Crippen LogP contribution >= 0.6 is 0 Å². The Morgan fingerprint density at radius 3 is 2.43 bits per heavy atom. The van der Waals surface area contributed by atoms with Crippen LogP contribution in [0.1, 0.15) is 29.8 Å². The van der Waals surface area contributed by atoms with Crippen LogP contribution in [0.25, 0.3) is 22.4 Å². The number of fused-ring (bicyclic) bond motifs is 1. The number of hydrogen-bond donors (Lipinski definition) is 0. The van der Waals surface area contributed by atoms with Crippen LogP contribution in [0.15, 0.2) is 16.7 Å². The van der Waals surface area contributed by atoms with Crippen molar-refractivity contribution < 1.29 is 26.9 Å². The Kier molecular flexibility index (Phi) is 4.95. The number of benzene rings is 1. The summed E-state index contributed by atoms with van der Waals surface area (Å²) in [6.45, 7) is 4.08. The van der Waals surface area contributed by atoms with Crippen molar-refractivity contribution in [1.82, 2.24) is 15.1 Å². The molecule has 1 aromatic carbocycles. The standard InChI is InChI=1S/C20H18F4N4O2/c1-10-14-7-12(9-20(22,23)24)8-15(21)17(14)26-18(28-5-3-13(29)4-6-28)16(10)19-25-11(2)27-30-19/h7-8H,3-6,9H2,1-2H3. The topological polar surface area (TPSA) is 72.1 Å². The molecule has 4 rings (SSSR count). The highest BCUT2D eigenvalue weighted by molar-refractivity contribution is 5.93. The number of rotatable bonds is 3. The van der Waals surface area contributed by atoms with Gasteiger partial charge in [0.1, 0.15) is 22.9 Å². The molecule has 10 heteroatoms. The number of hydrogen-bond acceptors (Lipinski definition) is 6. The fourth-order valence-corrected chi connectivity index (χ4v) is 3.70. The molecule has 3 heterocycles. The number of anilines is 1. The van der Waals surface area contributed by atoms with E-state index in [0.717, 1.165) is 6.07 Å². The fourth-order valence-electron chi connectivity index (χ4n) is 3.70. The van der Waals surface area contributed by atoms with Gasteiger partial charge in [-0.15, -0.1) is 0 Å². The number of piperidine rings is 1. The van der Waals surface area contributed by atoms with E-state index in [4.69, 9.17) is 4.52 Å². The van der Waals surface area contributed by atoms with Crippen LogP contribution in [0.5, 0.6) is 0 Å². The molecule has 0 radical (unpaired) electrons. The smallest absolute Gasteiger partial charge is 0.355 e. The number of ketones is 1. The van der Waals surface area contributed by atoms with E-state index in [1.807, 2.05) is 4.90 Å². The van der Waals surface area contributed by atoms with E-state index in [2.05, 4.69) is 15.1 Å². The average molecular weight is 422 g/mol. The molecule has 1 fully saturated rings. The molecule has 1 aliphatic heterocycles. The van der Waals surface area contributed by atoms with Crippen molar-refractivity contribution in [3.63, 3.8) is 0 Å². The van der Waals surface area contributed by atoms with E-state index in [1.54, 1.807) is 13.8 Å². The molecule has 0 bridgehead atoms. The van der Waals surface area contributed by atoms with Gasteiger partial charge in [0.15, 0.2) is 5.82 Å². The van der Waals surface area contributed by atoms with Gasteiger partial charge in [-0.3, -0.25) is 4.79 Å². The predicted molar refractivity (Wildman–Crippen MR) is 101 cm³/mol. The molecule has 0 amide bonds. The van der Waals surface area contributed by atoms with Crippen molar-refractivity contribution in [3.8, 4) is 11.5 Å². The van der Waals surface area contributed by atoms with E-state index >= 15 is 0 Å². The molecule has 1 aliphatic rings. The zero-order valence-corrected chi connectivity index (χ0v) is 16.3. The lowest BCUT2D eigenvalue weighted by atomic mass is 9.99. The molecular weight excluding hydrogens is 404 g/mol. The zero-order valence-electron chi connectivity index (χ0n) is 16.3.